The number of nitrogens with zero attached hydrogens (tertiary/aromatic N) is 2. The van der Waals surface area contributed by atoms with Crippen LogP contribution in [-0.2, 0) is 11.2 Å². The fourth-order valence-corrected chi connectivity index (χ4v) is 4.81. The minimum atomic E-state index is 0.168. The number of carbonyl (C=O) groups is 1. The molecular weight excluding hydrogens is 418 g/mol. The number of carbonyl (C=O) groups excluding carboxylic acids is 1. The van der Waals surface area contributed by atoms with Crippen molar-refractivity contribution in [3.63, 3.8) is 0 Å². The summed E-state index contributed by atoms with van der Waals surface area (Å²) in [5.41, 5.74) is 2.33. The molecule has 1 N–H and O–H groups in total. The van der Waals surface area contributed by atoms with Crippen LogP contribution in [0, 0.1) is 0 Å². The van der Waals surface area contributed by atoms with E-state index < -0.39 is 0 Å². The predicted octanol–water partition coefficient (Wildman–Crippen LogP) is 5.43. The van der Waals surface area contributed by atoms with Crippen molar-refractivity contribution in [2.24, 2.45) is 0 Å². The number of allylic oxidation sites excluding steroid dienone is 6. The molecule has 1 aliphatic heterocycles. The number of nitrogens with one attached hydrogen (secondary N) is 1. The number of likely N-dealkylation sites (tertiary alicyclic amines) is 1. The van der Waals surface area contributed by atoms with Gasteiger partial charge in [-0.25, -0.2) is 4.98 Å². The Balaban J connectivity index is 1.50. The van der Waals surface area contributed by atoms with Crippen molar-refractivity contribution >= 4 is 23.3 Å². The van der Waals surface area contributed by atoms with Crippen LogP contribution < -0.4 is 10.1 Å². The van der Waals surface area contributed by atoms with Gasteiger partial charge < -0.3 is 10.1 Å². The Morgan fingerprint density at radius 3 is 2.88 bits per heavy atom. The standard InChI is InChI=1S/C26H35N3O2S/c1-3-11-21(20-29-17-8-13-22(14-9-18-29)27-25(30)4-2)12-10-19-31-26-28-23-15-6-5-7-16-24(23)32-26/h3,5-7,10-12,16,19,22H,4,8-9,13-15,17-18,20H2,1-2H3,(H,27,30)/b11-3-,19-10+,21-12+. The summed E-state index contributed by atoms with van der Waals surface area (Å²) in [5, 5.41) is 3.85. The number of ether oxygens (including phenoxy) is 1. The first-order valence-corrected chi connectivity index (χ1v) is 12.5. The van der Waals surface area contributed by atoms with Gasteiger partial charge in [0.2, 0.25) is 5.91 Å². The van der Waals surface area contributed by atoms with Gasteiger partial charge in [-0.1, -0.05) is 54.7 Å². The molecule has 2 heterocycles. The summed E-state index contributed by atoms with van der Waals surface area (Å²) in [6, 6.07) is 0.336. The molecule has 0 atom stereocenters. The van der Waals surface area contributed by atoms with E-state index in [1.165, 1.54) is 5.57 Å². The van der Waals surface area contributed by atoms with E-state index in [0.717, 1.165) is 62.3 Å². The third-order valence-electron chi connectivity index (χ3n) is 5.60. The van der Waals surface area contributed by atoms with Crippen molar-refractivity contribution in [2.45, 2.75) is 58.4 Å². The second-order valence-electron chi connectivity index (χ2n) is 8.15. The second kappa shape index (κ2) is 13.2. The average Bonchev–Trinajstić information content (AvgIpc) is 3.02. The fourth-order valence-electron chi connectivity index (χ4n) is 3.97. The molecule has 1 aromatic heterocycles. The Morgan fingerprint density at radius 1 is 1.31 bits per heavy atom. The molecule has 0 saturated carbocycles. The van der Waals surface area contributed by atoms with Crippen LogP contribution in [0.1, 0.15) is 56.5 Å². The molecule has 1 saturated heterocycles. The van der Waals surface area contributed by atoms with Gasteiger partial charge in [0.1, 0.15) is 0 Å². The van der Waals surface area contributed by atoms with E-state index in [1.807, 2.05) is 26.0 Å². The van der Waals surface area contributed by atoms with E-state index in [9.17, 15) is 4.79 Å². The van der Waals surface area contributed by atoms with Crippen molar-refractivity contribution in [1.82, 2.24) is 15.2 Å². The molecule has 3 rings (SSSR count). The number of fused-ring (bicyclic) bond motifs is 1. The molecule has 5 nitrogen and oxygen atoms in total. The molecule has 2 aliphatic rings. The fraction of sp³-hybridized carbons (Fsp3) is 0.462. The summed E-state index contributed by atoms with van der Waals surface area (Å²) in [6.45, 7) is 6.99. The summed E-state index contributed by atoms with van der Waals surface area (Å²) in [6.07, 6.45) is 24.1. The largest absolute Gasteiger partial charge is 0.439 e. The minimum absolute atomic E-state index is 0.168. The van der Waals surface area contributed by atoms with Crippen molar-refractivity contribution in [2.75, 3.05) is 19.6 Å². The van der Waals surface area contributed by atoms with E-state index in [0.29, 0.717) is 17.7 Å². The number of thiazole rings is 1. The van der Waals surface area contributed by atoms with Gasteiger partial charge >= 0.3 is 0 Å². The molecule has 32 heavy (non-hydrogen) atoms. The Hall–Kier alpha value is -2.44. The number of hydrogen-bond acceptors (Lipinski definition) is 5. The van der Waals surface area contributed by atoms with Gasteiger partial charge in [0, 0.05) is 25.4 Å². The van der Waals surface area contributed by atoms with Crippen molar-refractivity contribution in [1.29, 1.82) is 0 Å². The Bertz CT molecular complexity index is 885. The minimum Gasteiger partial charge on any atom is -0.439 e. The number of hydrogen-bond donors (Lipinski definition) is 1. The lowest BCUT2D eigenvalue weighted by molar-refractivity contribution is -0.121. The highest BCUT2D eigenvalue weighted by atomic mass is 32.1. The van der Waals surface area contributed by atoms with Gasteiger partial charge in [-0.05, 0) is 63.4 Å². The molecule has 1 fully saturated rings. The number of rotatable bonds is 8. The molecule has 0 spiro atoms. The van der Waals surface area contributed by atoms with Crippen LogP contribution in [0.5, 0.6) is 5.19 Å². The zero-order chi connectivity index (χ0) is 22.6. The summed E-state index contributed by atoms with van der Waals surface area (Å²) < 4.78 is 5.76. The lowest BCUT2D eigenvalue weighted by atomic mass is 10.0. The summed E-state index contributed by atoms with van der Waals surface area (Å²) in [7, 11) is 0. The molecular formula is C26H35N3O2S. The molecule has 0 bridgehead atoms. The Morgan fingerprint density at radius 2 is 2.12 bits per heavy atom. The van der Waals surface area contributed by atoms with Gasteiger partial charge in [0.05, 0.1) is 16.8 Å². The van der Waals surface area contributed by atoms with Crippen LogP contribution >= 0.6 is 11.3 Å². The lowest BCUT2D eigenvalue weighted by Crippen LogP contribution is -2.38. The van der Waals surface area contributed by atoms with Crippen LogP contribution in [0.2, 0.25) is 0 Å². The first-order chi connectivity index (χ1) is 15.7. The lowest BCUT2D eigenvalue weighted by Gasteiger charge is -2.28. The predicted molar refractivity (Wildman–Crippen MR) is 134 cm³/mol. The quantitative estimate of drug-likeness (QED) is 0.421. The zero-order valence-electron chi connectivity index (χ0n) is 19.3. The zero-order valence-corrected chi connectivity index (χ0v) is 20.1. The average molecular weight is 454 g/mol. The van der Waals surface area contributed by atoms with E-state index in [-0.39, 0.29) is 5.91 Å². The highest BCUT2D eigenvalue weighted by Gasteiger charge is 2.16. The van der Waals surface area contributed by atoms with Crippen molar-refractivity contribution in [3.05, 3.63) is 64.9 Å². The Kier molecular flexibility index (Phi) is 9.98. The van der Waals surface area contributed by atoms with Crippen LogP contribution in [0.25, 0.3) is 6.08 Å². The molecule has 0 aromatic carbocycles. The van der Waals surface area contributed by atoms with E-state index in [4.69, 9.17) is 4.74 Å². The Labute approximate surface area is 196 Å². The van der Waals surface area contributed by atoms with Gasteiger partial charge in [-0.3, -0.25) is 9.69 Å². The van der Waals surface area contributed by atoms with Crippen molar-refractivity contribution < 1.29 is 9.53 Å². The maximum atomic E-state index is 11.7. The second-order valence-corrected chi connectivity index (χ2v) is 9.14. The molecule has 0 unspecified atom stereocenters. The maximum absolute atomic E-state index is 11.7. The third-order valence-corrected chi connectivity index (χ3v) is 6.55. The normalized spacial score (nSPS) is 18.5. The summed E-state index contributed by atoms with van der Waals surface area (Å²) >= 11 is 1.58. The first kappa shape index (κ1) is 24.2. The monoisotopic (exact) mass is 453 g/mol. The van der Waals surface area contributed by atoms with E-state index in [1.54, 1.807) is 17.6 Å². The molecule has 6 heteroatoms. The molecule has 1 aromatic rings. The van der Waals surface area contributed by atoms with E-state index in [2.05, 4.69) is 51.7 Å². The highest BCUT2D eigenvalue weighted by Crippen LogP contribution is 2.28. The van der Waals surface area contributed by atoms with Crippen LogP contribution in [0.4, 0.5) is 0 Å². The molecule has 1 aliphatic carbocycles. The van der Waals surface area contributed by atoms with Gasteiger partial charge in [0.25, 0.3) is 5.19 Å². The van der Waals surface area contributed by atoms with Crippen LogP contribution in [0.15, 0.2) is 54.4 Å². The maximum Gasteiger partial charge on any atom is 0.278 e. The summed E-state index contributed by atoms with van der Waals surface area (Å²) in [5.74, 6) is 0.168. The van der Waals surface area contributed by atoms with Crippen LogP contribution in [-0.4, -0.2) is 41.5 Å². The highest BCUT2D eigenvalue weighted by molar-refractivity contribution is 7.14. The number of aromatic nitrogens is 1. The SMILES string of the molecule is C\C=C/C(=C\C=C\Oc1nc2c(s1)C=CC=CC2)CN1CCCC(NC(=O)CC)CCC1. The third kappa shape index (κ3) is 7.92. The topological polar surface area (TPSA) is 54.5 Å². The number of amides is 1. The molecule has 0 radical (unpaired) electrons. The van der Waals surface area contributed by atoms with E-state index >= 15 is 0 Å². The van der Waals surface area contributed by atoms with Gasteiger partial charge in [-0.15, -0.1) is 0 Å². The molecule has 1 amide bonds. The molecule has 172 valence electrons. The summed E-state index contributed by atoms with van der Waals surface area (Å²) in [4.78, 5) is 19.9. The van der Waals surface area contributed by atoms with Crippen molar-refractivity contribution in [3.8, 4) is 5.19 Å². The smallest absolute Gasteiger partial charge is 0.278 e. The van der Waals surface area contributed by atoms with Gasteiger partial charge in [0.15, 0.2) is 0 Å². The van der Waals surface area contributed by atoms with Crippen LogP contribution in [0.3, 0.4) is 0 Å². The van der Waals surface area contributed by atoms with Gasteiger partial charge in [-0.2, -0.15) is 0 Å². The first-order valence-electron chi connectivity index (χ1n) is 11.7.